The Balaban J connectivity index is 1.61. The van der Waals surface area contributed by atoms with Crippen LogP contribution in [-0.2, 0) is 14.8 Å². The first kappa shape index (κ1) is 24.2. The van der Waals surface area contributed by atoms with E-state index < -0.39 is 15.8 Å². The van der Waals surface area contributed by atoms with Gasteiger partial charge in [-0.2, -0.15) is 4.31 Å². The van der Waals surface area contributed by atoms with Crippen molar-refractivity contribution in [2.45, 2.75) is 11.3 Å². The Bertz CT molecular complexity index is 1080. The van der Waals surface area contributed by atoms with Gasteiger partial charge >= 0.3 is 0 Å². The van der Waals surface area contributed by atoms with Gasteiger partial charge in [0.15, 0.2) is 0 Å². The van der Waals surface area contributed by atoms with Gasteiger partial charge in [0.2, 0.25) is 15.9 Å². The minimum atomic E-state index is -3.86. The van der Waals surface area contributed by atoms with Crippen LogP contribution >= 0.6 is 11.6 Å². The number of carbonyl (C=O) groups excluding carboxylic acids is 1. The van der Waals surface area contributed by atoms with Crippen LogP contribution in [0.2, 0.25) is 5.02 Å². The quantitative estimate of drug-likeness (QED) is 0.649. The van der Waals surface area contributed by atoms with E-state index in [0.717, 1.165) is 6.07 Å². The molecule has 0 saturated carbocycles. The van der Waals surface area contributed by atoms with Gasteiger partial charge in [-0.15, -0.1) is 0 Å². The molecule has 1 saturated heterocycles. The summed E-state index contributed by atoms with van der Waals surface area (Å²) in [6.07, 6.45) is 0.536. The Kier molecular flexibility index (Phi) is 7.94. The molecule has 32 heavy (non-hydrogen) atoms. The third kappa shape index (κ3) is 5.69. The second kappa shape index (κ2) is 10.5. The molecule has 11 heteroatoms. The summed E-state index contributed by atoms with van der Waals surface area (Å²) in [7, 11) is -0.820. The smallest absolute Gasteiger partial charge is 0.243 e. The Morgan fingerprint density at radius 3 is 2.56 bits per heavy atom. The molecule has 1 aliphatic rings. The lowest BCUT2D eigenvalue weighted by atomic mass is 10.2. The lowest BCUT2D eigenvalue weighted by molar-refractivity contribution is -0.117. The van der Waals surface area contributed by atoms with Crippen molar-refractivity contribution >= 4 is 33.2 Å². The third-order valence-electron chi connectivity index (χ3n) is 5.13. The molecular weight excluding hydrogens is 461 g/mol. The molecule has 174 valence electrons. The van der Waals surface area contributed by atoms with Gasteiger partial charge in [-0.3, -0.25) is 9.69 Å². The topological polar surface area (TPSA) is 88.2 Å². The van der Waals surface area contributed by atoms with Crippen LogP contribution in [0.25, 0.3) is 0 Å². The van der Waals surface area contributed by atoms with Crippen LogP contribution in [-0.4, -0.2) is 70.5 Å². The standard InChI is InChI=1S/C21H25ClFN3O5S/c1-30-15-4-7-19(20(12-15)31-2)24-21(27)14-25-8-3-9-26(11-10-25)32(28,29)16-5-6-17(22)18(23)13-16/h4-7,12-13H,3,8-11,14H2,1-2H3,(H,24,27). The van der Waals surface area contributed by atoms with Gasteiger partial charge in [0.1, 0.15) is 17.3 Å². The number of carbonyl (C=O) groups is 1. The van der Waals surface area contributed by atoms with E-state index in [1.54, 1.807) is 25.3 Å². The first-order valence-corrected chi connectivity index (χ1v) is 11.8. The van der Waals surface area contributed by atoms with Crippen molar-refractivity contribution in [3.8, 4) is 11.5 Å². The lowest BCUT2D eigenvalue weighted by Crippen LogP contribution is -2.38. The van der Waals surface area contributed by atoms with E-state index in [1.807, 2.05) is 4.90 Å². The number of hydrogen-bond acceptors (Lipinski definition) is 6. The van der Waals surface area contributed by atoms with E-state index in [-0.39, 0.29) is 35.5 Å². The molecular formula is C21H25ClFN3O5S. The molecule has 8 nitrogen and oxygen atoms in total. The van der Waals surface area contributed by atoms with Crippen LogP contribution in [0.4, 0.5) is 10.1 Å². The fourth-order valence-electron chi connectivity index (χ4n) is 3.43. The molecule has 0 bridgehead atoms. The monoisotopic (exact) mass is 485 g/mol. The highest BCUT2D eigenvalue weighted by Gasteiger charge is 2.28. The summed E-state index contributed by atoms with van der Waals surface area (Å²) < 4.78 is 51.3. The normalized spacial score (nSPS) is 15.8. The predicted octanol–water partition coefficient (Wildman–Crippen LogP) is 2.83. The molecule has 1 amide bonds. The van der Waals surface area contributed by atoms with Crippen LogP contribution < -0.4 is 14.8 Å². The van der Waals surface area contributed by atoms with Crippen molar-refractivity contribution in [1.82, 2.24) is 9.21 Å². The van der Waals surface area contributed by atoms with Gasteiger partial charge in [0.05, 0.1) is 36.4 Å². The molecule has 1 heterocycles. The Labute approximate surface area is 191 Å². The van der Waals surface area contributed by atoms with E-state index in [9.17, 15) is 17.6 Å². The maximum absolute atomic E-state index is 13.8. The summed E-state index contributed by atoms with van der Waals surface area (Å²) >= 11 is 5.66. The van der Waals surface area contributed by atoms with Crippen molar-refractivity contribution < 1.29 is 27.1 Å². The molecule has 1 aliphatic heterocycles. The van der Waals surface area contributed by atoms with E-state index >= 15 is 0 Å². The summed E-state index contributed by atoms with van der Waals surface area (Å²) in [6, 6.07) is 8.52. The molecule has 3 rings (SSSR count). The van der Waals surface area contributed by atoms with Crippen molar-refractivity contribution in [3.63, 3.8) is 0 Å². The number of nitrogens with one attached hydrogen (secondary N) is 1. The number of ether oxygens (including phenoxy) is 2. The molecule has 2 aromatic rings. The van der Waals surface area contributed by atoms with Crippen molar-refractivity contribution in [3.05, 3.63) is 47.2 Å². The van der Waals surface area contributed by atoms with Gasteiger partial charge in [-0.05, 0) is 43.3 Å². The van der Waals surface area contributed by atoms with E-state index in [2.05, 4.69) is 5.32 Å². The zero-order valence-electron chi connectivity index (χ0n) is 17.8. The highest BCUT2D eigenvalue weighted by molar-refractivity contribution is 7.89. The average molecular weight is 486 g/mol. The average Bonchev–Trinajstić information content (AvgIpc) is 3.01. The minimum absolute atomic E-state index is 0.0959. The van der Waals surface area contributed by atoms with Crippen LogP contribution in [0.15, 0.2) is 41.3 Å². The fraction of sp³-hybridized carbons (Fsp3) is 0.381. The maximum Gasteiger partial charge on any atom is 0.243 e. The molecule has 0 radical (unpaired) electrons. The zero-order valence-corrected chi connectivity index (χ0v) is 19.4. The second-order valence-corrected chi connectivity index (χ2v) is 9.57. The summed E-state index contributed by atoms with van der Waals surface area (Å²) in [5, 5.41) is 2.68. The number of benzene rings is 2. The molecule has 0 unspecified atom stereocenters. The number of nitrogens with zero attached hydrogens (tertiary/aromatic N) is 2. The fourth-order valence-corrected chi connectivity index (χ4v) is 5.03. The van der Waals surface area contributed by atoms with E-state index in [4.69, 9.17) is 21.1 Å². The van der Waals surface area contributed by atoms with Crippen LogP contribution in [0.1, 0.15) is 6.42 Å². The second-order valence-electron chi connectivity index (χ2n) is 7.22. The van der Waals surface area contributed by atoms with Crippen LogP contribution in [0, 0.1) is 5.82 Å². The number of methoxy groups -OCH3 is 2. The first-order valence-electron chi connectivity index (χ1n) is 9.94. The SMILES string of the molecule is COc1ccc(NC(=O)CN2CCCN(S(=O)(=O)c3ccc(Cl)c(F)c3)CC2)c(OC)c1. The molecule has 1 N–H and O–H groups in total. The van der Waals surface area contributed by atoms with E-state index in [0.29, 0.717) is 36.7 Å². The van der Waals surface area contributed by atoms with Crippen molar-refractivity contribution in [1.29, 1.82) is 0 Å². The highest BCUT2D eigenvalue weighted by Crippen LogP contribution is 2.29. The predicted molar refractivity (Wildman–Crippen MR) is 119 cm³/mol. The molecule has 0 aliphatic carbocycles. The van der Waals surface area contributed by atoms with Crippen LogP contribution in [0.5, 0.6) is 11.5 Å². The highest BCUT2D eigenvalue weighted by atomic mass is 35.5. The number of amides is 1. The zero-order chi connectivity index (χ0) is 23.3. The lowest BCUT2D eigenvalue weighted by Gasteiger charge is -2.21. The Morgan fingerprint density at radius 1 is 1.09 bits per heavy atom. The van der Waals surface area contributed by atoms with Gasteiger partial charge in [-0.1, -0.05) is 11.6 Å². The van der Waals surface area contributed by atoms with Gasteiger partial charge in [0, 0.05) is 25.7 Å². The molecule has 1 fully saturated rings. The molecule has 2 aromatic carbocycles. The molecule has 0 aromatic heterocycles. The van der Waals surface area contributed by atoms with Gasteiger partial charge < -0.3 is 14.8 Å². The number of rotatable bonds is 7. The largest absolute Gasteiger partial charge is 0.497 e. The number of sulfonamides is 1. The first-order chi connectivity index (χ1) is 15.2. The minimum Gasteiger partial charge on any atom is -0.497 e. The number of halogens is 2. The number of hydrogen-bond donors (Lipinski definition) is 1. The van der Waals surface area contributed by atoms with Crippen molar-refractivity contribution in [2.24, 2.45) is 0 Å². The number of anilines is 1. The van der Waals surface area contributed by atoms with Gasteiger partial charge in [-0.25, -0.2) is 12.8 Å². The van der Waals surface area contributed by atoms with E-state index in [1.165, 1.54) is 23.5 Å². The van der Waals surface area contributed by atoms with Crippen molar-refractivity contribution in [2.75, 3.05) is 52.3 Å². The van der Waals surface area contributed by atoms with Gasteiger partial charge in [0.25, 0.3) is 0 Å². The third-order valence-corrected chi connectivity index (χ3v) is 7.33. The Hall–Kier alpha value is -2.40. The molecule has 0 spiro atoms. The van der Waals surface area contributed by atoms with Crippen LogP contribution in [0.3, 0.4) is 0 Å². The Morgan fingerprint density at radius 2 is 1.88 bits per heavy atom. The summed E-state index contributed by atoms with van der Waals surface area (Å²) in [6.45, 7) is 1.47. The summed E-state index contributed by atoms with van der Waals surface area (Å²) in [4.78, 5) is 14.3. The summed E-state index contributed by atoms with van der Waals surface area (Å²) in [5.74, 6) is 0.0506. The summed E-state index contributed by atoms with van der Waals surface area (Å²) in [5.41, 5.74) is 0.516. The molecule has 0 atom stereocenters. The maximum atomic E-state index is 13.8.